The topological polar surface area (TPSA) is 50.4 Å². The lowest BCUT2D eigenvalue weighted by molar-refractivity contribution is -0.120. The van der Waals surface area contributed by atoms with Gasteiger partial charge in [0, 0.05) is 25.2 Å². The summed E-state index contributed by atoms with van der Waals surface area (Å²) in [5.41, 5.74) is 2.09. The molecule has 23 heavy (non-hydrogen) atoms. The van der Waals surface area contributed by atoms with Crippen LogP contribution in [0, 0.1) is 0 Å². The molecule has 2 aromatic rings. The number of carbonyl (C=O) groups excluding carboxylic acids is 1. The number of nitrogens with one attached hydrogen (secondary N) is 2. The summed E-state index contributed by atoms with van der Waals surface area (Å²) in [5.74, 6) is 0.670. The minimum absolute atomic E-state index is 0.0352. The van der Waals surface area contributed by atoms with Crippen molar-refractivity contribution < 1.29 is 9.53 Å². The van der Waals surface area contributed by atoms with E-state index in [2.05, 4.69) is 22.8 Å². The first kappa shape index (κ1) is 17.2. The molecule has 2 aromatic carbocycles. The Kier molecular flexibility index (Phi) is 6.76. The second kappa shape index (κ2) is 9.06. The molecule has 0 aliphatic rings. The lowest BCUT2D eigenvalue weighted by atomic mass is 10.1. The SMILES string of the molecule is COc1ccc(NCCC(=O)NCCc2ccccc2)cc1Cl. The van der Waals surface area contributed by atoms with Gasteiger partial charge in [-0.15, -0.1) is 0 Å². The molecule has 0 bridgehead atoms. The fourth-order valence-corrected chi connectivity index (χ4v) is 2.43. The highest BCUT2D eigenvalue weighted by atomic mass is 35.5. The number of benzene rings is 2. The molecular formula is C18H21ClN2O2. The van der Waals surface area contributed by atoms with Crippen LogP contribution in [0.1, 0.15) is 12.0 Å². The summed E-state index contributed by atoms with van der Waals surface area (Å²) in [6, 6.07) is 15.6. The second-order valence-corrected chi connectivity index (χ2v) is 5.52. The van der Waals surface area contributed by atoms with Gasteiger partial charge in [-0.25, -0.2) is 0 Å². The van der Waals surface area contributed by atoms with E-state index in [1.807, 2.05) is 24.3 Å². The quantitative estimate of drug-likeness (QED) is 0.777. The summed E-state index contributed by atoms with van der Waals surface area (Å²) in [6.45, 7) is 1.21. The average molecular weight is 333 g/mol. The Labute approximate surface area is 141 Å². The molecule has 0 saturated heterocycles. The molecule has 0 aromatic heterocycles. The molecular weight excluding hydrogens is 312 g/mol. The van der Waals surface area contributed by atoms with Crippen molar-refractivity contribution in [2.45, 2.75) is 12.8 Å². The van der Waals surface area contributed by atoms with Gasteiger partial charge >= 0.3 is 0 Å². The zero-order valence-electron chi connectivity index (χ0n) is 13.1. The van der Waals surface area contributed by atoms with Crippen molar-refractivity contribution in [2.24, 2.45) is 0 Å². The van der Waals surface area contributed by atoms with E-state index in [9.17, 15) is 4.79 Å². The van der Waals surface area contributed by atoms with Gasteiger partial charge in [-0.2, -0.15) is 0 Å². The number of methoxy groups -OCH3 is 1. The predicted molar refractivity (Wildman–Crippen MR) is 94.3 cm³/mol. The Morgan fingerprint density at radius 1 is 1.13 bits per heavy atom. The third kappa shape index (κ3) is 5.83. The monoisotopic (exact) mass is 332 g/mol. The number of carbonyl (C=O) groups is 1. The Bertz CT molecular complexity index is 632. The van der Waals surface area contributed by atoms with Crippen LogP contribution in [-0.2, 0) is 11.2 Å². The zero-order chi connectivity index (χ0) is 16.5. The molecule has 4 nitrogen and oxygen atoms in total. The highest BCUT2D eigenvalue weighted by Crippen LogP contribution is 2.27. The van der Waals surface area contributed by atoms with Crippen molar-refractivity contribution in [2.75, 3.05) is 25.5 Å². The molecule has 0 spiro atoms. The van der Waals surface area contributed by atoms with Gasteiger partial charge in [0.15, 0.2) is 0 Å². The van der Waals surface area contributed by atoms with Gasteiger partial charge in [-0.1, -0.05) is 41.9 Å². The summed E-state index contributed by atoms with van der Waals surface area (Å²) >= 11 is 6.05. The standard InChI is InChI=1S/C18H21ClN2O2/c1-23-17-8-7-15(13-16(17)19)20-12-10-18(22)21-11-9-14-5-3-2-4-6-14/h2-8,13,20H,9-12H2,1H3,(H,21,22). The van der Waals surface area contributed by atoms with Gasteiger partial charge < -0.3 is 15.4 Å². The number of ether oxygens (including phenoxy) is 1. The Hall–Kier alpha value is -2.20. The largest absolute Gasteiger partial charge is 0.495 e. The number of rotatable bonds is 8. The van der Waals surface area contributed by atoms with Crippen molar-refractivity contribution in [3.8, 4) is 5.75 Å². The first-order valence-corrected chi connectivity index (χ1v) is 7.95. The molecule has 0 saturated carbocycles. The Morgan fingerprint density at radius 3 is 2.61 bits per heavy atom. The van der Waals surface area contributed by atoms with Crippen molar-refractivity contribution in [1.29, 1.82) is 0 Å². The summed E-state index contributed by atoms with van der Waals surface area (Å²) < 4.78 is 5.10. The summed E-state index contributed by atoms with van der Waals surface area (Å²) in [4.78, 5) is 11.8. The lowest BCUT2D eigenvalue weighted by Crippen LogP contribution is -2.27. The first-order chi connectivity index (χ1) is 11.2. The van der Waals surface area contributed by atoms with Crippen molar-refractivity contribution in [1.82, 2.24) is 5.32 Å². The van der Waals surface area contributed by atoms with Crippen LogP contribution in [-0.4, -0.2) is 26.1 Å². The van der Waals surface area contributed by atoms with E-state index in [4.69, 9.17) is 16.3 Å². The molecule has 0 aliphatic heterocycles. The van der Waals surface area contributed by atoms with Crippen LogP contribution in [0.4, 0.5) is 5.69 Å². The number of amides is 1. The van der Waals surface area contributed by atoms with Gasteiger partial charge in [0.25, 0.3) is 0 Å². The average Bonchev–Trinajstić information content (AvgIpc) is 2.56. The highest BCUT2D eigenvalue weighted by molar-refractivity contribution is 6.32. The van der Waals surface area contributed by atoms with Crippen LogP contribution < -0.4 is 15.4 Å². The molecule has 0 aliphatic carbocycles. The molecule has 0 atom stereocenters. The summed E-state index contributed by atoms with van der Waals surface area (Å²) in [5, 5.41) is 6.64. The molecule has 0 heterocycles. The Balaban J connectivity index is 1.65. The van der Waals surface area contributed by atoms with Gasteiger partial charge in [0.1, 0.15) is 5.75 Å². The third-order valence-corrected chi connectivity index (χ3v) is 3.71. The van der Waals surface area contributed by atoms with E-state index in [0.717, 1.165) is 12.1 Å². The molecule has 2 rings (SSSR count). The van der Waals surface area contributed by atoms with Crippen LogP contribution in [0.3, 0.4) is 0 Å². The van der Waals surface area contributed by atoms with E-state index in [-0.39, 0.29) is 5.91 Å². The molecule has 1 amide bonds. The number of halogens is 1. The van der Waals surface area contributed by atoms with Crippen LogP contribution >= 0.6 is 11.6 Å². The van der Waals surface area contributed by atoms with E-state index in [1.165, 1.54) is 5.56 Å². The molecule has 0 fully saturated rings. The molecule has 0 radical (unpaired) electrons. The zero-order valence-corrected chi connectivity index (χ0v) is 13.9. The predicted octanol–water partition coefficient (Wildman–Crippen LogP) is 3.51. The van der Waals surface area contributed by atoms with Crippen molar-refractivity contribution in [3.05, 3.63) is 59.1 Å². The minimum Gasteiger partial charge on any atom is -0.495 e. The minimum atomic E-state index is 0.0352. The number of hydrogen-bond donors (Lipinski definition) is 2. The van der Waals surface area contributed by atoms with Gasteiger partial charge in [-0.05, 0) is 30.2 Å². The molecule has 122 valence electrons. The third-order valence-electron chi connectivity index (χ3n) is 3.41. The van der Waals surface area contributed by atoms with E-state index in [0.29, 0.717) is 30.3 Å². The molecule has 0 unspecified atom stereocenters. The molecule has 2 N–H and O–H groups in total. The van der Waals surface area contributed by atoms with Gasteiger partial charge in [0.2, 0.25) is 5.91 Å². The van der Waals surface area contributed by atoms with Crippen molar-refractivity contribution in [3.63, 3.8) is 0 Å². The normalized spacial score (nSPS) is 10.2. The van der Waals surface area contributed by atoms with Crippen LogP contribution in [0.5, 0.6) is 5.75 Å². The smallest absolute Gasteiger partial charge is 0.221 e. The number of anilines is 1. The van der Waals surface area contributed by atoms with Crippen molar-refractivity contribution >= 4 is 23.2 Å². The Morgan fingerprint density at radius 2 is 1.91 bits per heavy atom. The fraction of sp³-hybridized carbons (Fsp3) is 0.278. The maximum atomic E-state index is 11.8. The maximum Gasteiger partial charge on any atom is 0.221 e. The first-order valence-electron chi connectivity index (χ1n) is 7.57. The van der Waals surface area contributed by atoms with E-state index in [1.54, 1.807) is 19.2 Å². The van der Waals surface area contributed by atoms with E-state index < -0.39 is 0 Å². The van der Waals surface area contributed by atoms with E-state index >= 15 is 0 Å². The van der Waals surface area contributed by atoms with Crippen LogP contribution in [0.25, 0.3) is 0 Å². The molecule has 5 heteroatoms. The maximum absolute atomic E-state index is 11.8. The van der Waals surface area contributed by atoms with Gasteiger partial charge in [0.05, 0.1) is 12.1 Å². The summed E-state index contributed by atoms with van der Waals surface area (Å²) in [7, 11) is 1.58. The lowest BCUT2D eigenvalue weighted by Gasteiger charge is -2.09. The summed E-state index contributed by atoms with van der Waals surface area (Å²) in [6.07, 6.45) is 1.26. The fourth-order valence-electron chi connectivity index (χ4n) is 2.18. The van der Waals surface area contributed by atoms with Gasteiger partial charge in [-0.3, -0.25) is 4.79 Å². The highest BCUT2D eigenvalue weighted by Gasteiger charge is 2.03. The second-order valence-electron chi connectivity index (χ2n) is 5.11. The van der Waals surface area contributed by atoms with Crippen LogP contribution in [0.2, 0.25) is 5.02 Å². The number of hydrogen-bond acceptors (Lipinski definition) is 3. The van der Waals surface area contributed by atoms with Crippen LogP contribution in [0.15, 0.2) is 48.5 Å².